The number of rotatable bonds is 4. The number of hydrogen-bond acceptors (Lipinski definition) is 5. The lowest BCUT2D eigenvalue weighted by Crippen LogP contribution is -2.28. The smallest absolute Gasteiger partial charge is 0.250 e. The number of benzene rings is 2. The molecule has 0 radical (unpaired) electrons. The first-order valence-electron chi connectivity index (χ1n) is 8.81. The highest BCUT2D eigenvalue weighted by Gasteiger charge is 2.29. The molecule has 0 unspecified atom stereocenters. The molecule has 0 spiro atoms. The second-order valence-electron chi connectivity index (χ2n) is 6.81. The van der Waals surface area contributed by atoms with Gasteiger partial charge in [0.2, 0.25) is 0 Å². The first-order chi connectivity index (χ1) is 13.0. The number of nitrogens with two attached hydrogens (primary N) is 1. The van der Waals surface area contributed by atoms with E-state index < -0.39 is 5.91 Å². The number of primary amides is 1. The minimum absolute atomic E-state index is 0.0300. The average molecular weight is 365 g/mol. The summed E-state index contributed by atoms with van der Waals surface area (Å²) in [4.78, 5) is 20.2. The van der Waals surface area contributed by atoms with E-state index in [9.17, 15) is 9.18 Å². The second-order valence-corrected chi connectivity index (χ2v) is 6.81. The lowest BCUT2D eigenvalue weighted by Gasteiger charge is -2.22. The molecule has 1 aromatic heterocycles. The molecule has 138 valence electrons. The fourth-order valence-electron chi connectivity index (χ4n) is 3.60. The van der Waals surface area contributed by atoms with Crippen LogP contribution in [-0.4, -0.2) is 35.0 Å². The van der Waals surface area contributed by atoms with Crippen molar-refractivity contribution in [3.8, 4) is 0 Å². The summed E-state index contributed by atoms with van der Waals surface area (Å²) in [5.41, 5.74) is 7.91. The first-order valence-corrected chi connectivity index (χ1v) is 8.81. The molecule has 7 heteroatoms. The third-order valence-electron chi connectivity index (χ3n) is 5.09. The molecule has 1 aliphatic rings. The van der Waals surface area contributed by atoms with Crippen LogP contribution in [0.5, 0.6) is 0 Å². The van der Waals surface area contributed by atoms with Crippen molar-refractivity contribution < 1.29 is 9.18 Å². The predicted molar refractivity (Wildman–Crippen MR) is 102 cm³/mol. The molecule has 1 aliphatic heterocycles. The lowest BCUT2D eigenvalue weighted by atomic mass is 9.93. The third kappa shape index (κ3) is 3.21. The maximum absolute atomic E-state index is 14.0. The molecule has 1 saturated heterocycles. The first kappa shape index (κ1) is 17.4. The van der Waals surface area contributed by atoms with Crippen molar-refractivity contribution in [2.75, 3.05) is 18.4 Å². The van der Waals surface area contributed by atoms with Gasteiger partial charge in [0.05, 0.1) is 11.1 Å². The predicted octanol–water partition coefficient (Wildman–Crippen LogP) is 2.34. The number of nitrogens with one attached hydrogen (secondary N) is 2. The van der Waals surface area contributed by atoms with Crippen LogP contribution in [0.15, 0.2) is 42.7 Å². The largest absolute Gasteiger partial charge is 0.366 e. The van der Waals surface area contributed by atoms with Crippen LogP contribution < -0.4 is 16.4 Å². The molecule has 1 fully saturated rings. The van der Waals surface area contributed by atoms with Crippen molar-refractivity contribution in [1.82, 2.24) is 15.3 Å². The number of aryl methyl sites for hydroxylation is 1. The van der Waals surface area contributed by atoms with Gasteiger partial charge >= 0.3 is 0 Å². The fraction of sp³-hybridized carbons (Fsp3) is 0.250. The highest BCUT2D eigenvalue weighted by atomic mass is 19.1. The van der Waals surface area contributed by atoms with E-state index in [1.54, 1.807) is 31.2 Å². The van der Waals surface area contributed by atoms with Gasteiger partial charge in [-0.05, 0) is 36.2 Å². The zero-order valence-electron chi connectivity index (χ0n) is 14.9. The number of anilines is 1. The standard InChI is InChI=1S/C20H20FN5O/c1-11-5-6-12(7-16(11)21)15-8-23-9-17(15)26-20-14-4-2-3-13(19(22)27)18(14)24-10-25-20/h2-7,10,15,17,23H,8-9H2,1H3,(H2,22,27)(H,24,25,26)/t15-,17+/m1/s1. The van der Waals surface area contributed by atoms with Gasteiger partial charge in [-0.15, -0.1) is 0 Å². The molecule has 0 bridgehead atoms. The van der Waals surface area contributed by atoms with Gasteiger partial charge in [-0.3, -0.25) is 4.79 Å². The molecule has 6 nitrogen and oxygen atoms in total. The number of fused-ring (bicyclic) bond motifs is 1. The van der Waals surface area contributed by atoms with E-state index in [0.717, 1.165) is 24.0 Å². The summed E-state index contributed by atoms with van der Waals surface area (Å²) < 4.78 is 14.0. The number of carbonyl (C=O) groups is 1. The zero-order chi connectivity index (χ0) is 19.0. The van der Waals surface area contributed by atoms with Crippen LogP contribution >= 0.6 is 0 Å². The van der Waals surface area contributed by atoms with Crippen LogP contribution in [0.3, 0.4) is 0 Å². The number of halogens is 1. The van der Waals surface area contributed by atoms with E-state index in [0.29, 0.717) is 22.5 Å². The Balaban J connectivity index is 1.68. The van der Waals surface area contributed by atoms with Gasteiger partial charge in [0.1, 0.15) is 18.0 Å². The molecule has 1 amide bonds. The number of carbonyl (C=O) groups excluding carboxylic acids is 1. The summed E-state index contributed by atoms with van der Waals surface area (Å²) in [5.74, 6) is 0.0105. The van der Waals surface area contributed by atoms with Crippen molar-refractivity contribution in [2.24, 2.45) is 5.73 Å². The summed E-state index contributed by atoms with van der Waals surface area (Å²) in [7, 11) is 0. The number of aromatic nitrogens is 2. The Morgan fingerprint density at radius 3 is 2.89 bits per heavy atom. The van der Waals surface area contributed by atoms with Crippen molar-refractivity contribution >= 4 is 22.6 Å². The Hall–Kier alpha value is -3.06. The van der Waals surface area contributed by atoms with Gasteiger partial charge in [0.25, 0.3) is 5.91 Å². The van der Waals surface area contributed by atoms with E-state index in [-0.39, 0.29) is 17.8 Å². The van der Waals surface area contributed by atoms with E-state index in [1.807, 2.05) is 12.1 Å². The molecule has 4 rings (SSSR count). The van der Waals surface area contributed by atoms with Crippen LogP contribution in [0, 0.1) is 12.7 Å². The summed E-state index contributed by atoms with van der Waals surface area (Å²) in [6.45, 7) is 3.22. The lowest BCUT2D eigenvalue weighted by molar-refractivity contribution is 0.100. The Morgan fingerprint density at radius 2 is 2.11 bits per heavy atom. The zero-order valence-corrected chi connectivity index (χ0v) is 14.9. The van der Waals surface area contributed by atoms with Gasteiger partial charge in [0, 0.05) is 30.4 Å². The third-order valence-corrected chi connectivity index (χ3v) is 5.09. The Bertz CT molecular complexity index is 1020. The van der Waals surface area contributed by atoms with Gasteiger partial charge < -0.3 is 16.4 Å². The minimum atomic E-state index is -0.527. The molecule has 2 atom stereocenters. The molecule has 27 heavy (non-hydrogen) atoms. The van der Waals surface area contributed by atoms with E-state index in [1.165, 1.54) is 6.33 Å². The van der Waals surface area contributed by atoms with Crippen LogP contribution in [0.25, 0.3) is 10.9 Å². The highest BCUT2D eigenvalue weighted by molar-refractivity contribution is 6.06. The van der Waals surface area contributed by atoms with Crippen LogP contribution in [0.4, 0.5) is 10.2 Å². The Labute approximate surface area is 156 Å². The molecule has 0 aliphatic carbocycles. The minimum Gasteiger partial charge on any atom is -0.366 e. The summed E-state index contributed by atoms with van der Waals surface area (Å²) in [6, 6.07) is 10.7. The van der Waals surface area contributed by atoms with E-state index >= 15 is 0 Å². The van der Waals surface area contributed by atoms with Crippen LogP contribution in [0.2, 0.25) is 0 Å². The summed E-state index contributed by atoms with van der Waals surface area (Å²) >= 11 is 0. The monoisotopic (exact) mass is 365 g/mol. The number of hydrogen-bond donors (Lipinski definition) is 3. The summed E-state index contributed by atoms with van der Waals surface area (Å²) in [5, 5.41) is 7.53. The second kappa shape index (κ2) is 6.92. The van der Waals surface area contributed by atoms with Gasteiger partial charge in [-0.25, -0.2) is 14.4 Å². The average Bonchev–Trinajstić information content (AvgIpc) is 3.12. The molecular formula is C20H20FN5O. The molecule has 0 saturated carbocycles. The van der Waals surface area contributed by atoms with E-state index in [4.69, 9.17) is 5.73 Å². The van der Waals surface area contributed by atoms with Gasteiger partial charge in [0.15, 0.2) is 0 Å². The number of nitrogens with zero attached hydrogens (tertiary/aromatic N) is 2. The summed E-state index contributed by atoms with van der Waals surface area (Å²) in [6.07, 6.45) is 1.42. The Morgan fingerprint density at radius 1 is 1.26 bits per heavy atom. The molecular weight excluding hydrogens is 345 g/mol. The molecule has 2 aromatic carbocycles. The molecule has 2 heterocycles. The van der Waals surface area contributed by atoms with Crippen LogP contribution in [-0.2, 0) is 0 Å². The van der Waals surface area contributed by atoms with Crippen molar-refractivity contribution in [1.29, 1.82) is 0 Å². The van der Waals surface area contributed by atoms with Crippen LogP contribution in [0.1, 0.15) is 27.4 Å². The Kier molecular flexibility index (Phi) is 4.45. The van der Waals surface area contributed by atoms with E-state index in [2.05, 4.69) is 20.6 Å². The number of amides is 1. The topological polar surface area (TPSA) is 92.9 Å². The molecule has 4 N–H and O–H groups in total. The van der Waals surface area contributed by atoms with Crippen molar-refractivity contribution in [2.45, 2.75) is 18.9 Å². The fourth-order valence-corrected chi connectivity index (χ4v) is 3.60. The quantitative estimate of drug-likeness (QED) is 0.660. The van der Waals surface area contributed by atoms with Gasteiger partial charge in [-0.1, -0.05) is 18.2 Å². The maximum Gasteiger partial charge on any atom is 0.250 e. The van der Waals surface area contributed by atoms with Crippen molar-refractivity contribution in [3.63, 3.8) is 0 Å². The maximum atomic E-state index is 14.0. The van der Waals surface area contributed by atoms with Gasteiger partial charge in [-0.2, -0.15) is 0 Å². The van der Waals surface area contributed by atoms with Crippen molar-refractivity contribution in [3.05, 3.63) is 65.2 Å². The normalized spacial score (nSPS) is 19.3. The molecule has 3 aromatic rings. The highest BCUT2D eigenvalue weighted by Crippen LogP contribution is 2.29. The number of para-hydroxylation sites is 1. The SMILES string of the molecule is Cc1ccc([C@H]2CNC[C@@H]2Nc2ncnc3c(C(N)=O)cccc23)cc1F.